The molecule has 0 atom stereocenters. The molecule has 1 aromatic rings. The third-order valence-corrected chi connectivity index (χ3v) is 3.53. The van der Waals surface area contributed by atoms with Gasteiger partial charge in [0.1, 0.15) is 0 Å². The van der Waals surface area contributed by atoms with Crippen LogP contribution in [-0.2, 0) is 0 Å². The molecule has 0 amide bonds. The van der Waals surface area contributed by atoms with Crippen LogP contribution in [0.2, 0.25) is 0 Å². The molecule has 0 unspecified atom stereocenters. The standard InChI is InChI=1S/C14H24N4/c1-3-6-18-7-4-12(5-8-18)17-14-9-13(15-2)10-16-11-14/h9-12,15,17H,3-8H2,1-2H3. The van der Waals surface area contributed by atoms with Crippen LogP contribution in [-0.4, -0.2) is 42.6 Å². The Bertz CT molecular complexity index is 359. The smallest absolute Gasteiger partial charge is 0.0549 e. The number of likely N-dealkylation sites (tertiary alicyclic amines) is 1. The molecule has 0 aromatic carbocycles. The van der Waals surface area contributed by atoms with Crippen LogP contribution >= 0.6 is 0 Å². The van der Waals surface area contributed by atoms with Crippen molar-refractivity contribution in [3.8, 4) is 0 Å². The summed E-state index contributed by atoms with van der Waals surface area (Å²) in [5, 5.41) is 6.71. The number of nitrogens with zero attached hydrogens (tertiary/aromatic N) is 2. The largest absolute Gasteiger partial charge is 0.387 e. The Kier molecular flexibility index (Phi) is 4.81. The topological polar surface area (TPSA) is 40.2 Å². The summed E-state index contributed by atoms with van der Waals surface area (Å²) in [6, 6.07) is 2.71. The van der Waals surface area contributed by atoms with E-state index in [1.54, 1.807) is 0 Å². The molecule has 0 saturated carbocycles. The molecule has 1 fully saturated rings. The summed E-state index contributed by atoms with van der Waals surface area (Å²) >= 11 is 0. The first kappa shape index (κ1) is 13.1. The van der Waals surface area contributed by atoms with E-state index >= 15 is 0 Å². The number of anilines is 2. The third-order valence-electron chi connectivity index (χ3n) is 3.53. The van der Waals surface area contributed by atoms with Crippen molar-refractivity contribution in [2.75, 3.05) is 37.3 Å². The van der Waals surface area contributed by atoms with Crippen molar-refractivity contribution in [1.82, 2.24) is 9.88 Å². The highest BCUT2D eigenvalue weighted by atomic mass is 15.1. The van der Waals surface area contributed by atoms with Gasteiger partial charge >= 0.3 is 0 Å². The molecule has 100 valence electrons. The van der Waals surface area contributed by atoms with E-state index in [9.17, 15) is 0 Å². The van der Waals surface area contributed by atoms with Gasteiger partial charge in [0.15, 0.2) is 0 Å². The average molecular weight is 248 g/mol. The Morgan fingerprint density at radius 1 is 1.28 bits per heavy atom. The van der Waals surface area contributed by atoms with Gasteiger partial charge in [-0.15, -0.1) is 0 Å². The fraction of sp³-hybridized carbons (Fsp3) is 0.643. The first-order chi connectivity index (χ1) is 8.81. The Labute approximate surface area is 110 Å². The molecule has 1 aliphatic rings. The van der Waals surface area contributed by atoms with Gasteiger partial charge < -0.3 is 15.5 Å². The maximum absolute atomic E-state index is 4.23. The van der Waals surface area contributed by atoms with Gasteiger partial charge in [0, 0.05) is 26.2 Å². The second-order valence-electron chi connectivity index (χ2n) is 4.97. The lowest BCUT2D eigenvalue weighted by molar-refractivity contribution is 0.219. The summed E-state index contributed by atoms with van der Waals surface area (Å²) in [6.07, 6.45) is 7.45. The molecule has 0 aliphatic carbocycles. The molecule has 4 heteroatoms. The SMILES string of the molecule is CCCN1CCC(Nc2cncc(NC)c2)CC1. The molecule has 4 nitrogen and oxygen atoms in total. The molecule has 2 heterocycles. The van der Waals surface area contributed by atoms with E-state index in [4.69, 9.17) is 0 Å². The van der Waals surface area contributed by atoms with Crippen LogP contribution < -0.4 is 10.6 Å². The van der Waals surface area contributed by atoms with E-state index < -0.39 is 0 Å². The predicted molar refractivity (Wildman–Crippen MR) is 77.2 cm³/mol. The third kappa shape index (κ3) is 3.60. The van der Waals surface area contributed by atoms with E-state index in [0.717, 1.165) is 11.4 Å². The molecule has 18 heavy (non-hydrogen) atoms. The minimum Gasteiger partial charge on any atom is -0.387 e. The summed E-state index contributed by atoms with van der Waals surface area (Å²) in [4.78, 5) is 6.79. The monoisotopic (exact) mass is 248 g/mol. The number of nitrogens with one attached hydrogen (secondary N) is 2. The van der Waals surface area contributed by atoms with Gasteiger partial charge in [-0.2, -0.15) is 0 Å². The number of hydrogen-bond donors (Lipinski definition) is 2. The molecule has 1 saturated heterocycles. The molecule has 0 spiro atoms. The van der Waals surface area contributed by atoms with Gasteiger partial charge in [-0.05, 0) is 31.9 Å². The average Bonchev–Trinajstić information content (AvgIpc) is 2.42. The maximum atomic E-state index is 4.23. The van der Waals surface area contributed by atoms with Crippen LogP contribution in [0.3, 0.4) is 0 Å². The Morgan fingerprint density at radius 3 is 2.67 bits per heavy atom. The van der Waals surface area contributed by atoms with Crippen molar-refractivity contribution in [2.24, 2.45) is 0 Å². The Balaban J connectivity index is 1.83. The fourth-order valence-corrected chi connectivity index (χ4v) is 2.51. The number of hydrogen-bond acceptors (Lipinski definition) is 4. The lowest BCUT2D eigenvalue weighted by atomic mass is 10.0. The number of rotatable bonds is 5. The van der Waals surface area contributed by atoms with Crippen LogP contribution in [0.25, 0.3) is 0 Å². The summed E-state index contributed by atoms with van der Waals surface area (Å²) in [6.45, 7) is 5.91. The zero-order chi connectivity index (χ0) is 12.8. The molecule has 2 N–H and O–H groups in total. The van der Waals surface area contributed by atoms with E-state index in [1.807, 2.05) is 19.4 Å². The summed E-state index contributed by atoms with van der Waals surface area (Å²) in [7, 11) is 1.92. The quantitative estimate of drug-likeness (QED) is 0.839. The molecular formula is C14H24N4. The normalized spacial score (nSPS) is 17.7. The van der Waals surface area contributed by atoms with Gasteiger partial charge in [-0.3, -0.25) is 4.98 Å². The zero-order valence-electron chi connectivity index (χ0n) is 11.4. The number of piperidine rings is 1. The first-order valence-corrected chi connectivity index (χ1v) is 6.93. The number of aromatic nitrogens is 1. The van der Waals surface area contributed by atoms with E-state index in [0.29, 0.717) is 6.04 Å². The molecule has 2 rings (SSSR count). The minimum absolute atomic E-state index is 0.590. The van der Waals surface area contributed by atoms with Crippen LogP contribution in [0.4, 0.5) is 11.4 Å². The van der Waals surface area contributed by atoms with Crippen molar-refractivity contribution in [3.63, 3.8) is 0 Å². The van der Waals surface area contributed by atoms with Crippen molar-refractivity contribution >= 4 is 11.4 Å². The lowest BCUT2D eigenvalue weighted by Gasteiger charge is -2.32. The van der Waals surface area contributed by atoms with E-state index in [1.165, 1.54) is 38.9 Å². The highest BCUT2D eigenvalue weighted by molar-refractivity contribution is 5.54. The van der Waals surface area contributed by atoms with Crippen molar-refractivity contribution in [1.29, 1.82) is 0 Å². The van der Waals surface area contributed by atoms with Crippen molar-refractivity contribution in [3.05, 3.63) is 18.5 Å². The molecule has 1 aliphatic heterocycles. The van der Waals surface area contributed by atoms with E-state index in [2.05, 4.69) is 33.5 Å². The van der Waals surface area contributed by atoms with Gasteiger partial charge in [0.25, 0.3) is 0 Å². The van der Waals surface area contributed by atoms with Crippen molar-refractivity contribution < 1.29 is 0 Å². The van der Waals surface area contributed by atoms with Crippen LogP contribution in [0.1, 0.15) is 26.2 Å². The van der Waals surface area contributed by atoms with Crippen molar-refractivity contribution in [2.45, 2.75) is 32.2 Å². The summed E-state index contributed by atoms with van der Waals surface area (Å²) in [5.41, 5.74) is 2.18. The Morgan fingerprint density at radius 2 is 2.00 bits per heavy atom. The zero-order valence-corrected chi connectivity index (χ0v) is 11.4. The first-order valence-electron chi connectivity index (χ1n) is 6.93. The summed E-state index contributed by atoms with van der Waals surface area (Å²) < 4.78 is 0. The Hall–Kier alpha value is -1.29. The molecule has 0 bridgehead atoms. The molecular weight excluding hydrogens is 224 g/mol. The van der Waals surface area contributed by atoms with Gasteiger partial charge in [0.05, 0.1) is 23.8 Å². The molecule has 1 aromatic heterocycles. The van der Waals surface area contributed by atoms with Gasteiger partial charge in [-0.1, -0.05) is 6.92 Å². The van der Waals surface area contributed by atoms with Crippen LogP contribution in [0.5, 0.6) is 0 Å². The highest BCUT2D eigenvalue weighted by Gasteiger charge is 2.18. The number of pyridine rings is 1. The highest BCUT2D eigenvalue weighted by Crippen LogP contribution is 2.18. The maximum Gasteiger partial charge on any atom is 0.0549 e. The predicted octanol–water partition coefficient (Wildman–Crippen LogP) is 2.41. The summed E-state index contributed by atoms with van der Waals surface area (Å²) in [5.74, 6) is 0. The molecule has 0 radical (unpaired) electrons. The lowest BCUT2D eigenvalue weighted by Crippen LogP contribution is -2.39. The van der Waals surface area contributed by atoms with Gasteiger partial charge in [0.2, 0.25) is 0 Å². The second kappa shape index (κ2) is 6.59. The van der Waals surface area contributed by atoms with Crippen LogP contribution in [0, 0.1) is 0 Å². The van der Waals surface area contributed by atoms with Gasteiger partial charge in [-0.25, -0.2) is 0 Å². The van der Waals surface area contributed by atoms with E-state index in [-0.39, 0.29) is 0 Å². The fourth-order valence-electron chi connectivity index (χ4n) is 2.51. The second-order valence-corrected chi connectivity index (χ2v) is 4.97. The van der Waals surface area contributed by atoms with Crippen LogP contribution in [0.15, 0.2) is 18.5 Å². The minimum atomic E-state index is 0.590.